The van der Waals surface area contributed by atoms with E-state index in [1.54, 1.807) is 0 Å². The Hall–Kier alpha value is -1.56. The van der Waals surface area contributed by atoms with Crippen molar-refractivity contribution in [3.63, 3.8) is 0 Å². The topological polar surface area (TPSA) is 32.3 Å². The van der Waals surface area contributed by atoms with Crippen molar-refractivity contribution in [1.82, 2.24) is 10.2 Å². The van der Waals surface area contributed by atoms with Crippen molar-refractivity contribution >= 4 is 5.91 Å². The highest BCUT2D eigenvalue weighted by atomic mass is 19.4. The van der Waals surface area contributed by atoms with Crippen molar-refractivity contribution in [2.75, 3.05) is 19.6 Å². The summed E-state index contributed by atoms with van der Waals surface area (Å²) in [7, 11) is 0. The number of nitrogens with one attached hydrogen (secondary N) is 1. The van der Waals surface area contributed by atoms with Gasteiger partial charge >= 0.3 is 6.18 Å². The average Bonchev–Trinajstić information content (AvgIpc) is 2.54. The fourth-order valence-electron chi connectivity index (χ4n) is 3.44. The van der Waals surface area contributed by atoms with Gasteiger partial charge in [0, 0.05) is 5.92 Å². The van der Waals surface area contributed by atoms with Gasteiger partial charge in [-0.15, -0.1) is 0 Å². The third-order valence-electron chi connectivity index (χ3n) is 4.84. The number of likely N-dealkylation sites (tertiary alicyclic amines) is 1. The molecule has 26 heavy (non-hydrogen) atoms. The molecule has 1 aliphatic rings. The maximum absolute atomic E-state index is 12.4. The molecule has 0 saturated carbocycles. The first-order valence-electron chi connectivity index (χ1n) is 9.32. The average molecular weight is 370 g/mol. The quantitative estimate of drug-likeness (QED) is 0.808. The van der Waals surface area contributed by atoms with Crippen LogP contribution in [0.5, 0.6) is 0 Å². The molecule has 2 rings (SSSR count). The van der Waals surface area contributed by atoms with Crippen LogP contribution in [0, 0.1) is 11.8 Å². The van der Waals surface area contributed by atoms with E-state index in [0.29, 0.717) is 31.8 Å². The summed E-state index contributed by atoms with van der Waals surface area (Å²) in [5, 5.41) is 3.01. The minimum atomic E-state index is -4.18. The summed E-state index contributed by atoms with van der Waals surface area (Å²) in [6.07, 6.45) is -2.20. The molecule has 6 heteroatoms. The van der Waals surface area contributed by atoms with E-state index < -0.39 is 12.7 Å². The number of carbonyl (C=O) groups excluding carboxylic acids is 1. The predicted octanol–water partition coefficient (Wildman–Crippen LogP) is 4.34. The molecule has 1 aromatic rings. The summed E-state index contributed by atoms with van der Waals surface area (Å²) in [4.78, 5) is 13.8. The predicted molar refractivity (Wildman–Crippen MR) is 96.8 cm³/mol. The first kappa shape index (κ1) is 20.7. The molecule has 0 spiro atoms. The second-order valence-corrected chi connectivity index (χ2v) is 7.74. The summed E-state index contributed by atoms with van der Waals surface area (Å²) in [5.74, 6) is 0.332. The van der Waals surface area contributed by atoms with Crippen molar-refractivity contribution in [1.29, 1.82) is 0 Å². The smallest absolute Gasteiger partial charge is 0.349 e. The summed E-state index contributed by atoms with van der Waals surface area (Å²) in [6, 6.07) is 8.15. The number of rotatable bonds is 6. The van der Waals surface area contributed by atoms with Gasteiger partial charge in [0.1, 0.15) is 0 Å². The van der Waals surface area contributed by atoms with Gasteiger partial charge < -0.3 is 5.32 Å². The minimum absolute atomic E-state index is 0.0598. The Morgan fingerprint density at radius 3 is 2.23 bits per heavy atom. The van der Waals surface area contributed by atoms with Gasteiger partial charge in [-0.05, 0) is 56.3 Å². The maximum Gasteiger partial charge on any atom is 0.401 e. The molecule has 3 nitrogen and oxygen atoms in total. The number of benzene rings is 1. The molecule has 0 aliphatic carbocycles. The fourth-order valence-corrected chi connectivity index (χ4v) is 3.44. The van der Waals surface area contributed by atoms with Gasteiger partial charge in [0.25, 0.3) is 0 Å². The molecule has 1 saturated heterocycles. The highest BCUT2D eigenvalue weighted by Gasteiger charge is 2.34. The number of hydrogen-bond donors (Lipinski definition) is 1. The molecule has 0 bridgehead atoms. The van der Waals surface area contributed by atoms with Crippen molar-refractivity contribution in [2.45, 2.75) is 52.3 Å². The Morgan fingerprint density at radius 1 is 1.15 bits per heavy atom. The van der Waals surface area contributed by atoms with E-state index in [1.807, 2.05) is 19.1 Å². The molecule has 1 aliphatic heterocycles. The Kier molecular flexibility index (Phi) is 7.09. The molecule has 1 atom stereocenters. The van der Waals surface area contributed by atoms with Crippen molar-refractivity contribution < 1.29 is 18.0 Å². The van der Waals surface area contributed by atoms with Crippen LogP contribution in [0.3, 0.4) is 0 Å². The molecular weight excluding hydrogens is 341 g/mol. The van der Waals surface area contributed by atoms with Crippen molar-refractivity contribution in [3.8, 4) is 0 Å². The van der Waals surface area contributed by atoms with E-state index in [1.165, 1.54) is 10.5 Å². The normalized spacial score (nSPS) is 18.1. The standard InChI is InChI=1S/C20H29F3N2O/c1-14(2)12-16-4-6-17(7-5-16)15(3)24-19(26)18-8-10-25(11-9-18)13-20(21,22)23/h4-7,14-15,18H,8-13H2,1-3H3,(H,24,26)/t15-/m1/s1. The molecule has 1 fully saturated rings. The van der Waals surface area contributed by atoms with Gasteiger partial charge in [-0.25, -0.2) is 0 Å². The molecule has 0 radical (unpaired) electrons. The Labute approximate surface area is 154 Å². The molecular formula is C20H29F3N2O. The Morgan fingerprint density at radius 2 is 1.73 bits per heavy atom. The van der Waals surface area contributed by atoms with E-state index in [2.05, 4.69) is 31.3 Å². The SMILES string of the molecule is CC(C)Cc1ccc([C@@H](C)NC(=O)C2CCN(CC(F)(F)F)CC2)cc1. The third kappa shape index (κ3) is 6.63. The van der Waals surface area contributed by atoms with Crippen LogP contribution >= 0.6 is 0 Å². The van der Waals surface area contributed by atoms with E-state index in [0.717, 1.165) is 12.0 Å². The van der Waals surface area contributed by atoms with Crippen LogP contribution in [0.15, 0.2) is 24.3 Å². The maximum atomic E-state index is 12.4. The van der Waals surface area contributed by atoms with Crippen LogP contribution in [0.1, 0.15) is 50.8 Å². The first-order chi connectivity index (χ1) is 12.1. The number of piperidine rings is 1. The van der Waals surface area contributed by atoms with Gasteiger partial charge in [-0.1, -0.05) is 38.1 Å². The number of nitrogens with zero attached hydrogens (tertiary/aromatic N) is 1. The van der Waals surface area contributed by atoms with Crippen LogP contribution in [0.2, 0.25) is 0 Å². The number of amides is 1. The second kappa shape index (κ2) is 8.89. The summed E-state index contributed by atoms with van der Waals surface area (Å²) >= 11 is 0. The number of hydrogen-bond acceptors (Lipinski definition) is 2. The summed E-state index contributed by atoms with van der Waals surface area (Å²) in [5.41, 5.74) is 2.32. The Bertz CT molecular complexity index is 576. The minimum Gasteiger partial charge on any atom is -0.349 e. The third-order valence-corrected chi connectivity index (χ3v) is 4.84. The molecule has 1 heterocycles. The van der Waals surface area contributed by atoms with Gasteiger partial charge in [0.2, 0.25) is 5.91 Å². The second-order valence-electron chi connectivity index (χ2n) is 7.74. The zero-order valence-corrected chi connectivity index (χ0v) is 15.8. The first-order valence-corrected chi connectivity index (χ1v) is 9.32. The molecule has 146 valence electrons. The monoisotopic (exact) mass is 370 g/mol. The molecule has 0 unspecified atom stereocenters. The lowest BCUT2D eigenvalue weighted by Crippen LogP contribution is -2.44. The summed E-state index contributed by atoms with van der Waals surface area (Å²) in [6.45, 7) is 6.04. The molecule has 1 N–H and O–H groups in total. The largest absolute Gasteiger partial charge is 0.401 e. The van der Waals surface area contributed by atoms with Crippen molar-refractivity contribution in [3.05, 3.63) is 35.4 Å². The number of alkyl halides is 3. The van der Waals surface area contributed by atoms with E-state index in [9.17, 15) is 18.0 Å². The van der Waals surface area contributed by atoms with Crippen LogP contribution in [0.25, 0.3) is 0 Å². The molecule has 1 amide bonds. The van der Waals surface area contributed by atoms with Crippen molar-refractivity contribution in [2.24, 2.45) is 11.8 Å². The fraction of sp³-hybridized carbons (Fsp3) is 0.650. The van der Waals surface area contributed by atoms with E-state index in [-0.39, 0.29) is 17.9 Å². The van der Waals surface area contributed by atoms with Gasteiger partial charge in [0.15, 0.2) is 0 Å². The van der Waals surface area contributed by atoms with E-state index >= 15 is 0 Å². The summed E-state index contributed by atoms with van der Waals surface area (Å²) < 4.78 is 37.3. The van der Waals surface area contributed by atoms with Gasteiger partial charge in [0.05, 0.1) is 12.6 Å². The zero-order chi connectivity index (χ0) is 19.3. The van der Waals surface area contributed by atoms with E-state index in [4.69, 9.17) is 0 Å². The zero-order valence-electron chi connectivity index (χ0n) is 15.8. The van der Waals surface area contributed by atoms with Gasteiger partial charge in [-0.3, -0.25) is 9.69 Å². The molecule has 0 aromatic heterocycles. The number of carbonyl (C=O) groups is 1. The molecule has 1 aromatic carbocycles. The Balaban J connectivity index is 1.82. The van der Waals surface area contributed by atoms with Gasteiger partial charge in [-0.2, -0.15) is 13.2 Å². The highest BCUT2D eigenvalue weighted by Crippen LogP contribution is 2.23. The van der Waals surface area contributed by atoms with Crippen LogP contribution in [-0.2, 0) is 11.2 Å². The lowest BCUT2D eigenvalue weighted by atomic mass is 9.95. The lowest BCUT2D eigenvalue weighted by Gasteiger charge is -2.32. The number of halogens is 3. The van der Waals surface area contributed by atoms with Crippen LogP contribution in [-0.4, -0.2) is 36.6 Å². The highest BCUT2D eigenvalue weighted by molar-refractivity contribution is 5.79. The lowest BCUT2D eigenvalue weighted by molar-refractivity contribution is -0.149. The van der Waals surface area contributed by atoms with Crippen LogP contribution in [0.4, 0.5) is 13.2 Å². The van der Waals surface area contributed by atoms with Crippen LogP contribution < -0.4 is 5.32 Å².